The van der Waals surface area contributed by atoms with Crippen molar-refractivity contribution in [2.24, 2.45) is 0 Å². The number of para-hydroxylation sites is 1. The van der Waals surface area contributed by atoms with Gasteiger partial charge in [0, 0.05) is 37.8 Å². The highest BCUT2D eigenvalue weighted by Gasteiger charge is 2.51. The number of nitrogens with one attached hydrogen (secondary N) is 2. The van der Waals surface area contributed by atoms with Crippen molar-refractivity contribution in [2.75, 3.05) is 37.8 Å². The highest BCUT2D eigenvalue weighted by molar-refractivity contribution is 7.88. The Morgan fingerprint density at radius 2 is 1.93 bits per heavy atom. The number of carbonyl (C=O) groups is 3. The van der Waals surface area contributed by atoms with Gasteiger partial charge in [-0.3, -0.25) is 14.4 Å². The van der Waals surface area contributed by atoms with E-state index >= 15 is 0 Å². The van der Waals surface area contributed by atoms with Gasteiger partial charge >= 0.3 is 0 Å². The van der Waals surface area contributed by atoms with E-state index in [4.69, 9.17) is 0 Å². The average molecular weight is 435 g/mol. The van der Waals surface area contributed by atoms with Crippen LogP contribution in [-0.2, 0) is 29.8 Å². The topological polar surface area (TPSA) is 116 Å². The van der Waals surface area contributed by atoms with Gasteiger partial charge in [-0.2, -0.15) is 0 Å². The van der Waals surface area contributed by atoms with Gasteiger partial charge in [0.15, 0.2) is 0 Å². The van der Waals surface area contributed by atoms with Crippen LogP contribution in [0.2, 0.25) is 0 Å². The maximum absolute atomic E-state index is 12.8. The van der Waals surface area contributed by atoms with Crippen molar-refractivity contribution in [3.05, 3.63) is 29.8 Å². The molecule has 30 heavy (non-hydrogen) atoms. The van der Waals surface area contributed by atoms with Crippen LogP contribution in [0.15, 0.2) is 24.3 Å². The van der Waals surface area contributed by atoms with Gasteiger partial charge in [0.05, 0.1) is 18.2 Å². The van der Waals surface area contributed by atoms with E-state index in [0.717, 1.165) is 11.3 Å². The summed E-state index contributed by atoms with van der Waals surface area (Å²) in [5.74, 6) is -0.556. The van der Waals surface area contributed by atoms with Gasteiger partial charge in [0.2, 0.25) is 27.7 Å². The molecule has 162 valence electrons. The van der Waals surface area contributed by atoms with E-state index in [1.165, 1.54) is 15.5 Å². The number of amides is 3. The summed E-state index contributed by atoms with van der Waals surface area (Å²) in [5, 5.41) is 5.81. The minimum absolute atomic E-state index is 0.109. The number of piperidine rings is 2. The molecule has 0 radical (unpaired) electrons. The van der Waals surface area contributed by atoms with Gasteiger partial charge in [-0.1, -0.05) is 18.2 Å². The lowest BCUT2D eigenvalue weighted by molar-refractivity contribution is -0.142. The molecule has 4 rings (SSSR count). The highest BCUT2D eigenvalue weighted by Crippen LogP contribution is 2.43. The molecule has 1 aromatic rings. The number of anilines is 1. The molecule has 0 aliphatic carbocycles. The molecular formula is C20H26N4O5S. The summed E-state index contributed by atoms with van der Waals surface area (Å²) < 4.78 is 24.6. The first-order chi connectivity index (χ1) is 14.2. The number of carbonyl (C=O) groups excluding carboxylic acids is 3. The Labute approximate surface area is 175 Å². The Morgan fingerprint density at radius 3 is 2.63 bits per heavy atom. The molecule has 1 spiro atoms. The number of fused-ring (bicyclic) bond motifs is 2. The molecular weight excluding hydrogens is 408 g/mol. The molecule has 2 fully saturated rings. The van der Waals surface area contributed by atoms with E-state index in [2.05, 4.69) is 10.6 Å². The molecule has 9 nitrogen and oxygen atoms in total. The normalized spacial score (nSPS) is 25.3. The number of likely N-dealkylation sites (tertiary alicyclic amines) is 1. The molecule has 0 saturated carbocycles. The highest BCUT2D eigenvalue weighted by atomic mass is 32.2. The number of sulfonamides is 1. The second-order valence-electron chi connectivity index (χ2n) is 8.34. The lowest BCUT2D eigenvalue weighted by atomic mass is 9.75. The first-order valence-electron chi connectivity index (χ1n) is 10.1. The van der Waals surface area contributed by atoms with Crippen LogP contribution < -0.4 is 10.6 Å². The maximum atomic E-state index is 12.8. The van der Waals surface area contributed by atoms with E-state index in [9.17, 15) is 22.8 Å². The maximum Gasteiger partial charge on any atom is 0.239 e. The first-order valence-corrected chi connectivity index (χ1v) is 12.0. The monoisotopic (exact) mass is 434 g/mol. The molecule has 0 aromatic heterocycles. The van der Waals surface area contributed by atoms with E-state index in [-0.39, 0.29) is 43.3 Å². The van der Waals surface area contributed by atoms with Crippen LogP contribution in [0, 0.1) is 0 Å². The SMILES string of the molecule is CS(=O)(=O)N1CCC(NC(=O)CN2CC3(CCC2=O)C(=O)Nc2ccccc23)CC1. The Bertz CT molecular complexity index is 987. The molecule has 2 N–H and O–H groups in total. The Balaban J connectivity index is 1.39. The van der Waals surface area contributed by atoms with Crippen molar-refractivity contribution < 1.29 is 22.8 Å². The van der Waals surface area contributed by atoms with Crippen molar-refractivity contribution in [3.63, 3.8) is 0 Å². The Hall–Kier alpha value is -2.46. The summed E-state index contributed by atoms with van der Waals surface area (Å²) in [6.45, 7) is 0.802. The molecule has 2 saturated heterocycles. The van der Waals surface area contributed by atoms with Crippen LogP contribution in [0.1, 0.15) is 31.2 Å². The molecule has 10 heteroatoms. The van der Waals surface area contributed by atoms with Crippen LogP contribution in [0.5, 0.6) is 0 Å². The van der Waals surface area contributed by atoms with Crippen molar-refractivity contribution in [1.29, 1.82) is 0 Å². The summed E-state index contributed by atoms with van der Waals surface area (Å²) in [5.41, 5.74) is 0.825. The van der Waals surface area contributed by atoms with Crippen molar-refractivity contribution >= 4 is 33.4 Å². The summed E-state index contributed by atoms with van der Waals surface area (Å²) in [4.78, 5) is 39.3. The van der Waals surface area contributed by atoms with Crippen LogP contribution in [-0.4, -0.2) is 73.8 Å². The number of nitrogens with zero attached hydrogens (tertiary/aromatic N) is 2. The predicted octanol–water partition coefficient (Wildman–Crippen LogP) is 0.0391. The van der Waals surface area contributed by atoms with Crippen molar-refractivity contribution in [2.45, 2.75) is 37.1 Å². The average Bonchev–Trinajstić information content (AvgIpc) is 2.96. The summed E-state index contributed by atoms with van der Waals surface area (Å²) in [6.07, 6.45) is 2.89. The number of rotatable bonds is 4. The Morgan fingerprint density at radius 1 is 1.23 bits per heavy atom. The van der Waals surface area contributed by atoms with Gasteiger partial charge in [-0.15, -0.1) is 0 Å². The van der Waals surface area contributed by atoms with E-state index < -0.39 is 15.4 Å². The van der Waals surface area contributed by atoms with Crippen LogP contribution >= 0.6 is 0 Å². The van der Waals surface area contributed by atoms with Gasteiger partial charge in [0.25, 0.3) is 0 Å². The predicted molar refractivity (Wildman–Crippen MR) is 110 cm³/mol. The fourth-order valence-electron chi connectivity index (χ4n) is 4.67. The zero-order valence-corrected chi connectivity index (χ0v) is 17.7. The van der Waals surface area contributed by atoms with Crippen LogP contribution in [0.3, 0.4) is 0 Å². The first kappa shape index (κ1) is 20.8. The second kappa shape index (κ2) is 7.66. The molecule has 3 aliphatic heterocycles. The molecule has 3 heterocycles. The van der Waals surface area contributed by atoms with Gasteiger partial charge in [0.1, 0.15) is 0 Å². The third-order valence-electron chi connectivity index (χ3n) is 6.33. The van der Waals surface area contributed by atoms with Crippen molar-refractivity contribution in [1.82, 2.24) is 14.5 Å². The fraction of sp³-hybridized carbons (Fsp3) is 0.550. The smallest absolute Gasteiger partial charge is 0.239 e. The fourth-order valence-corrected chi connectivity index (χ4v) is 5.55. The third kappa shape index (κ3) is 3.81. The quantitative estimate of drug-likeness (QED) is 0.694. The Kier molecular flexibility index (Phi) is 5.31. The summed E-state index contributed by atoms with van der Waals surface area (Å²) in [7, 11) is -3.22. The van der Waals surface area contributed by atoms with E-state index in [1.807, 2.05) is 24.3 Å². The van der Waals surface area contributed by atoms with E-state index in [0.29, 0.717) is 32.4 Å². The minimum atomic E-state index is -3.22. The van der Waals surface area contributed by atoms with Gasteiger partial charge in [-0.05, 0) is 30.9 Å². The molecule has 1 aromatic carbocycles. The number of benzene rings is 1. The lowest BCUT2D eigenvalue weighted by Gasteiger charge is -2.39. The van der Waals surface area contributed by atoms with Crippen LogP contribution in [0.4, 0.5) is 5.69 Å². The molecule has 1 atom stereocenters. The largest absolute Gasteiger partial charge is 0.352 e. The standard InChI is InChI=1S/C20H26N4O5S/c1-30(28,29)24-10-7-14(8-11-24)21-17(25)12-23-13-20(9-6-18(23)26)15-4-2-3-5-16(15)22-19(20)27/h2-5,14H,6-13H2,1H3,(H,21,25)(H,22,27). The number of hydrogen-bond donors (Lipinski definition) is 2. The zero-order valence-electron chi connectivity index (χ0n) is 16.9. The number of hydrogen-bond acceptors (Lipinski definition) is 5. The third-order valence-corrected chi connectivity index (χ3v) is 7.63. The lowest BCUT2D eigenvalue weighted by Crippen LogP contribution is -2.55. The summed E-state index contributed by atoms with van der Waals surface area (Å²) in [6, 6.07) is 7.35. The van der Waals surface area contributed by atoms with Crippen LogP contribution in [0.25, 0.3) is 0 Å². The molecule has 0 bridgehead atoms. The molecule has 1 unspecified atom stereocenters. The molecule has 3 amide bonds. The zero-order chi connectivity index (χ0) is 21.5. The minimum Gasteiger partial charge on any atom is -0.352 e. The van der Waals surface area contributed by atoms with E-state index in [1.54, 1.807) is 0 Å². The van der Waals surface area contributed by atoms with Gasteiger partial charge in [-0.25, -0.2) is 12.7 Å². The second-order valence-corrected chi connectivity index (χ2v) is 10.3. The summed E-state index contributed by atoms with van der Waals surface area (Å²) >= 11 is 0. The van der Waals surface area contributed by atoms with Gasteiger partial charge < -0.3 is 15.5 Å². The molecule has 3 aliphatic rings. The van der Waals surface area contributed by atoms with Crippen molar-refractivity contribution in [3.8, 4) is 0 Å².